The molecule has 1 heterocycles. The number of nitrogens with zero attached hydrogens (tertiary/aromatic N) is 1. The van der Waals surface area contributed by atoms with Crippen molar-refractivity contribution in [1.82, 2.24) is 20.6 Å². The number of carbonyl (C=O) groups excluding carboxylic acids is 2. The third-order valence-corrected chi connectivity index (χ3v) is 5.21. The average Bonchev–Trinajstić information content (AvgIpc) is 3.31. The van der Waals surface area contributed by atoms with Crippen molar-refractivity contribution in [3.8, 4) is 0 Å². The van der Waals surface area contributed by atoms with Gasteiger partial charge >= 0.3 is 6.09 Å². The first-order valence-electron chi connectivity index (χ1n) is 10.5. The highest BCUT2D eigenvalue weighted by Crippen LogP contribution is 2.27. The van der Waals surface area contributed by atoms with Crippen molar-refractivity contribution < 1.29 is 14.3 Å². The summed E-state index contributed by atoms with van der Waals surface area (Å²) in [7, 11) is 0. The summed E-state index contributed by atoms with van der Waals surface area (Å²) in [5, 5.41) is 5.95. The van der Waals surface area contributed by atoms with Gasteiger partial charge in [-0.3, -0.25) is 4.79 Å². The number of aromatic nitrogens is 2. The second-order valence-corrected chi connectivity index (χ2v) is 8.80. The summed E-state index contributed by atoms with van der Waals surface area (Å²) in [6.07, 6.45) is 4.95. The van der Waals surface area contributed by atoms with E-state index in [0.29, 0.717) is 25.3 Å². The highest BCUT2D eigenvalue weighted by atomic mass is 16.6. The second kappa shape index (κ2) is 9.29. The lowest BCUT2D eigenvalue weighted by molar-refractivity contribution is -0.122. The van der Waals surface area contributed by atoms with Gasteiger partial charge in [0, 0.05) is 25.4 Å². The van der Waals surface area contributed by atoms with Crippen LogP contribution >= 0.6 is 0 Å². The van der Waals surface area contributed by atoms with Gasteiger partial charge in [-0.1, -0.05) is 25.0 Å². The molecule has 0 saturated heterocycles. The lowest BCUT2D eigenvalue weighted by Gasteiger charge is -2.26. The van der Waals surface area contributed by atoms with Gasteiger partial charge in [-0.15, -0.1) is 0 Å². The van der Waals surface area contributed by atoms with E-state index >= 15 is 0 Å². The fourth-order valence-electron chi connectivity index (χ4n) is 3.84. The molecule has 0 radical (unpaired) electrons. The third-order valence-electron chi connectivity index (χ3n) is 5.21. The summed E-state index contributed by atoms with van der Waals surface area (Å²) in [6, 6.07) is 7.76. The van der Waals surface area contributed by atoms with E-state index in [0.717, 1.165) is 29.7 Å². The van der Waals surface area contributed by atoms with Crippen molar-refractivity contribution in [1.29, 1.82) is 0 Å². The van der Waals surface area contributed by atoms with Crippen LogP contribution in [0.15, 0.2) is 24.3 Å². The summed E-state index contributed by atoms with van der Waals surface area (Å²) < 4.78 is 5.31. The standard InChI is InChI=1S/C22H32N4O3/c1-22(2,3)29-21(28)23-14-18(15-8-4-5-9-15)26-20(27)13-12-19-24-16-10-6-7-11-17(16)25-19/h6-7,10-11,15,18H,4-5,8-9,12-14H2,1-3H3,(H,23,28)(H,24,25)(H,26,27)/t18-/m0/s1. The maximum Gasteiger partial charge on any atom is 0.407 e. The Kier molecular flexibility index (Phi) is 6.77. The highest BCUT2D eigenvalue weighted by molar-refractivity contribution is 5.77. The van der Waals surface area contributed by atoms with Gasteiger partial charge in [0.2, 0.25) is 5.91 Å². The number of hydrogen-bond donors (Lipinski definition) is 3. The largest absolute Gasteiger partial charge is 0.444 e. The van der Waals surface area contributed by atoms with Gasteiger partial charge in [0.1, 0.15) is 11.4 Å². The minimum Gasteiger partial charge on any atom is -0.444 e. The fourth-order valence-corrected chi connectivity index (χ4v) is 3.84. The molecule has 1 fully saturated rings. The Labute approximate surface area is 172 Å². The number of fused-ring (bicyclic) bond motifs is 1. The first-order chi connectivity index (χ1) is 13.8. The minimum absolute atomic E-state index is 0.0201. The van der Waals surface area contributed by atoms with E-state index in [-0.39, 0.29) is 11.9 Å². The monoisotopic (exact) mass is 400 g/mol. The molecule has 29 heavy (non-hydrogen) atoms. The molecule has 2 amide bonds. The Bertz CT molecular complexity index is 801. The molecule has 0 bridgehead atoms. The van der Waals surface area contributed by atoms with Gasteiger partial charge in [-0.25, -0.2) is 9.78 Å². The van der Waals surface area contributed by atoms with Crippen LogP contribution in [-0.2, 0) is 16.0 Å². The zero-order chi connectivity index (χ0) is 20.9. The van der Waals surface area contributed by atoms with Gasteiger partial charge in [-0.2, -0.15) is 0 Å². The number of aryl methyl sites for hydroxylation is 1. The Hall–Kier alpha value is -2.57. The Morgan fingerprint density at radius 3 is 2.66 bits per heavy atom. The number of H-pyrrole nitrogens is 1. The molecule has 7 heteroatoms. The zero-order valence-electron chi connectivity index (χ0n) is 17.6. The maximum atomic E-state index is 12.6. The predicted molar refractivity (Wildman–Crippen MR) is 113 cm³/mol. The number of amides is 2. The number of aromatic amines is 1. The fraction of sp³-hybridized carbons (Fsp3) is 0.591. The van der Waals surface area contributed by atoms with E-state index < -0.39 is 11.7 Å². The predicted octanol–water partition coefficient (Wildman–Crippen LogP) is 3.70. The molecule has 1 aromatic carbocycles. The van der Waals surface area contributed by atoms with Crippen LogP contribution in [0.2, 0.25) is 0 Å². The van der Waals surface area contributed by atoms with E-state index in [9.17, 15) is 9.59 Å². The number of hydrogen-bond acceptors (Lipinski definition) is 4. The van der Waals surface area contributed by atoms with Crippen LogP contribution in [-0.4, -0.2) is 40.2 Å². The van der Waals surface area contributed by atoms with Crippen molar-refractivity contribution >= 4 is 23.0 Å². The molecule has 7 nitrogen and oxygen atoms in total. The van der Waals surface area contributed by atoms with Crippen LogP contribution in [0.5, 0.6) is 0 Å². The highest BCUT2D eigenvalue weighted by Gasteiger charge is 2.27. The Morgan fingerprint density at radius 2 is 1.97 bits per heavy atom. The number of rotatable bonds is 7. The molecule has 3 rings (SSSR count). The molecule has 3 N–H and O–H groups in total. The molecule has 1 saturated carbocycles. The topological polar surface area (TPSA) is 96.1 Å². The molecule has 0 unspecified atom stereocenters. The van der Waals surface area contributed by atoms with Crippen molar-refractivity contribution in [3.05, 3.63) is 30.1 Å². The number of carbonyl (C=O) groups is 2. The van der Waals surface area contributed by atoms with E-state index in [1.54, 1.807) is 0 Å². The molecule has 1 atom stereocenters. The number of alkyl carbamates (subject to hydrolysis) is 1. The average molecular weight is 401 g/mol. The van der Waals surface area contributed by atoms with Gasteiger partial charge in [-0.05, 0) is 51.7 Å². The number of benzene rings is 1. The van der Waals surface area contributed by atoms with E-state index in [1.165, 1.54) is 12.8 Å². The van der Waals surface area contributed by atoms with Crippen LogP contribution in [0.25, 0.3) is 11.0 Å². The van der Waals surface area contributed by atoms with Gasteiger partial charge < -0.3 is 20.4 Å². The molecule has 158 valence electrons. The first kappa shape index (κ1) is 21.1. The number of nitrogens with one attached hydrogen (secondary N) is 3. The van der Waals surface area contributed by atoms with Gasteiger partial charge in [0.15, 0.2) is 0 Å². The van der Waals surface area contributed by atoms with Gasteiger partial charge in [0.25, 0.3) is 0 Å². The van der Waals surface area contributed by atoms with Crippen LogP contribution in [0, 0.1) is 5.92 Å². The molecular weight excluding hydrogens is 368 g/mol. The van der Waals surface area contributed by atoms with Crippen LogP contribution in [0.1, 0.15) is 58.7 Å². The number of ether oxygens (including phenoxy) is 1. The van der Waals surface area contributed by atoms with Crippen molar-refractivity contribution in [3.63, 3.8) is 0 Å². The summed E-state index contributed by atoms with van der Waals surface area (Å²) in [6.45, 7) is 5.89. The van der Waals surface area contributed by atoms with Gasteiger partial charge in [0.05, 0.1) is 11.0 Å². The Morgan fingerprint density at radius 1 is 1.24 bits per heavy atom. The lowest BCUT2D eigenvalue weighted by atomic mass is 9.97. The summed E-state index contributed by atoms with van der Waals surface area (Å²) in [5.74, 6) is 1.18. The molecule has 1 aliphatic carbocycles. The summed E-state index contributed by atoms with van der Waals surface area (Å²) >= 11 is 0. The van der Waals surface area contributed by atoms with E-state index in [1.807, 2.05) is 45.0 Å². The SMILES string of the molecule is CC(C)(C)OC(=O)NC[C@H](NC(=O)CCc1nc2ccccc2[nH]1)C1CCCC1. The smallest absolute Gasteiger partial charge is 0.407 e. The normalized spacial score (nSPS) is 16.0. The minimum atomic E-state index is -0.539. The quantitative estimate of drug-likeness (QED) is 0.660. The van der Waals surface area contributed by atoms with Crippen LogP contribution in [0.4, 0.5) is 4.79 Å². The molecule has 1 aromatic heterocycles. The van der Waals surface area contributed by atoms with Crippen molar-refractivity contribution in [2.75, 3.05) is 6.54 Å². The third kappa shape index (κ3) is 6.48. The van der Waals surface area contributed by atoms with E-state index in [4.69, 9.17) is 4.74 Å². The number of para-hydroxylation sites is 2. The molecule has 2 aromatic rings. The van der Waals surface area contributed by atoms with E-state index in [2.05, 4.69) is 20.6 Å². The van der Waals surface area contributed by atoms with Crippen molar-refractivity contribution in [2.24, 2.45) is 5.92 Å². The first-order valence-corrected chi connectivity index (χ1v) is 10.5. The summed E-state index contributed by atoms with van der Waals surface area (Å²) in [4.78, 5) is 32.4. The van der Waals surface area contributed by atoms with Crippen LogP contribution in [0.3, 0.4) is 0 Å². The number of imidazole rings is 1. The van der Waals surface area contributed by atoms with Crippen LogP contribution < -0.4 is 10.6 Å². The molecule has 0 aliphatic heterocycles. The van der Waals surface area contributed by atoms with Crippen molar-refractivity contribution in [2.45, 2.75) is 70.9 Å². The lowest BCUT2D eigenvalue weighted by Crippen LogP contribution is -2.48. The zero-order valence-corrected chi connectivity index (χ0v) is 17.6. The molecular formula is C22H32N4O3. The maximum absolute atomic E-state index is 12.6. The second-order valence-electron chi connectivity index (χ2n) is 8.80. The molecule has 0 spiro atoms. The molecule has 1 aliphatic rings. The summed E-state index contributed by atoms with van der Waals surface area (Å²) in [5.41, 5.74) is 1.35. The Balaban J connectivity index is 1.52.